The number of allylic oxidation sites excluding steroid dienone is 1. The van der Waals surface area contributed by atoms with Gasteiger partial charge in [-0.1, -0.05) is 28.1 Å². The lowest BCUT2D eigenvalue weighted by atomic mass is 10.0. The molecule has 0 bridgehead atoms. The van der Waals surface area contributed by atoms with Crippen LogP contribution in [-0.2, 0) is 14.3 Å². The van der Waals surface area contributed by atoms with Crippen LogP contribution >= 0.6 is 15.9 Å². The van der Waals surface area contributed by atoms with Gasteiger partial charge in [-0.2, -0.15) is 0 Å². The van der Waals surface area contributed by atoms with Crippen LogP contribution in [0.2, 0.25) is 0 Å². The summed E-state index contributed by atoms with van der Waals surface area (Å²) in [5, 5.41) is 10.1. The number of hydrogen-bond acceptors (Lipinski definition) is 4. The molecule has 0 unspecified atom stereocenters. The first-order valence-electron chi connectivity index (χ1n) is 8.24. The Morgan fingerprint density at radius 1 is 1.19 bits per heavy atom. The summed E-state index contributed by atoms with van der Waals surface area (Å²) >= 11 is 3.35. The Morgan fingerprint density at radius 2 is 1.93 bits per heavy atom. The molecule has 6 heteroatoms. The number of hydrogen-bond donors (Lipinski definition) is 1. The minimum atomic E-state index is -0.600. The van der Waals surface area contributed by atoms with Gasteiger partial charge in [0, 0.05) is 21.4 Å². The van der Waals surface area contributed by atoms with Crippen LogP contribution in [0.15, 0.2) is 63.8 Å². The third kappa shape index (κ3) is 3.53. The molecule has 2 aromatic carbocycles. The zero-order chi connectivity index (χ0) is 19.7. The average Bonchev–Trinajstić information content (AvgIpc) is 2.87. The molecular formula is C21H18BrNO4. The van der Waals surface area contributed by atoms with Crippen LogP contribution in [0, 0.1) is 6.92 Å². The highest BCUT2D eigenvalue weighted by Gasteiger charge is 2.38. The Hall–Kier alpha value is -2.86. The van der Waals surface area contributed by atoms with E-state index in [0.29, 0.717) is 16.9 Å². The van der Waals surface area contributed by atoms with Gasteiger partial charge in [-0.3, -0.25) is 9.69 Å². The maximum Gasteiger partial charge on any atom is 0.340 e. The van der Waals surface area contributed by atoms with Crippen LogP contribution in [0.3, 0.4) is 0 Å². The fourth-order valence-electron chi connectivity index (χ4n) is 3.05. The summed E-state index contributed by atoms with van der Waals surface area (Å²) in [7, 11) is 1.27. The molecule has 0 saturated heterocycles. The van der Waals surface area contributed by atoms with E-state index in [2.05, 4.69) is 15.9 Å². The number of nitrogens with zero attached hydrogens (tertiary/aromatic N) is 1. The highest BCUT2D eigenvalue weighted by Crippen LogP contribution is 2.36. The van der Waals surface area contributed by atoms with Crippen molar-refractivity contribution in [2.24, 2.45) is 0 Å². The fraction of sp³-hybridized carbons (Fsp3) is 0.143. The summed E-state index contributed by atoms with van der Waals surface area (Å²) in [5.41, 5.74) is 2.93. The number of ether oxygens (including phenoxy) is 1. The Kier molecular flexibility index (Phi) is 5.19. The Morgan fingerprint density at radius 3 is 2.59 bits per heavy atom. The van der Waals surface area contributed by atoms with Gasteiger partial charge in [-0.05, 0) is 55.8 Å². The predicted molar refractivity (Wildman–Crippen MR) is 107 cm³/mol. The number of halogens is 1. The average molecular weight is 428 g/mol. The molecule has 3 rings (SSSR count). The van der Waals surface area contributed by atoms with Gasteiger partial charge >= 0.3 is 5.97 Å². The highest BCUT2D eigenvalue weighted by atomic mass is 79.9. The van der Waals surface area contributed by atoms with E-state index in [1.807, 2.05) is 31.2 Å². The number of phenols is 1. The molecule has 0 spiro atoms. The first-order valence-corrected chi connectivity index (χ1v) is 9.03. The van der Waals surface area contributed by atoms with Crippen molar-refractivity contribution in [1.29, 1.82) is 0 Å². The Labute approximate surface area is 165 Å². The number of esters is 1. The van der Waals surface area contributed by atoms with Crippen molar-refractivity contribution in [2.45, 2.75) is 13.8 Å². The summed E-state index contributed by atoms with van der Waals surface area (Å²) in [6.45, 7) is 3.63. The Bertz CT molecular complexity index is 1010. The van der Waals surface area contributed by atoms with Gasteiger partial charge in [-0.15, -0.1) is 0 Å². The third-order valence-electron chi connectivity index (χ3n) is 4.34. The quantitative estimate of drug-likeness (QED) is 0.584. The smallest absolute Gasteiger partial charge is 0.340 e. The molecule has 1 N–H and O–H groups in total. The van der Waals surface area contributed by atoms with Crippen LogP contribution in [0.1, 0.15) is 18.1 Å². The number of methoxy groups -OCH3 is 1. The summed E-state index contributed by atoms with van der Waals surface area (Å²) < 4.78 is 5.64. The molecule has 0 radical (unpaired) electrons. The molecule has 5 nitrogen and oxygen atoms in total. The summed E-state index contributed by atoms with van der Waals surface area (Å²) in [6.07, 6.45) is 1.51. The number of anilines is 1. The molecule has 138 valence electrons. The van der Waals surface area contributed by atoms with E-state index in [-0.39, 0.29) is 22.8 Å². The van der Waals surface area contributed by atoms with Crippen LogP contribution in [0.4, 0.5) is 5.69 Å². The van der Waals surface area contributed by atoms with Crippen LogP contribution in [0.25, 0.3) is 6.08 Å². The number of aryl methyl sites for hydroxylation is 1. The normalized spacial score (nSPS) is 15.6. The van der Waals surface area contributed by atoms with E-state index in [9.17, 15) is 14.7 Å². The van der Waals surface area contributed by atoms with E-state index in [1.165, 1.54) is 24.2 Å². The second-order valence-corrected chi connectivity index (χ2v) is 7.11. The van der Waals surface area contributed by atoms with Crippen LogP contribution in [0.5, 0.6) is 5.75 Å². The molecule has 2 aromatic rings. The van der Waals surface area contributed by atoms with Crippen molar-refractivity contribution < 1.29 is 19.4 Å². The van der Waals surface area contributed by atoms with Gasteiger partial charge < -0.3 is 9.84 Å². The highest BCUT2D eigenvalue weighted by molar-refractivity contribution is 9.10. The van der Waals surface area contributed by atoms with Crippen molar-refractivity contribution in [3.8, 4) is 5.75 Å². The minimum Gasteiger partial charge on any atom is -0.507 e. The predicted octanol–water partition coefficient (Wildman–Crippen LogP) is 4.34. The molecule has 1 heterocycles. The van der Waals surface area contributed by atoms with E-state index in [0.717, 1.165) is 10.0 Å². The maximum absolute atomic E-state index is 13.2. The molecule has 0 aliphatic carbocycles. The maximum atomic E-state index is 13.2. The number of rotatable bonds is 3. The SMILES string of the molecule is COC(=O)C1=C(C)N(c2cccc(C)c2)C(=O)/C1=C\c1cc(Br)ccc1O. The number of carbonyl (C=O) groups excluding carboxylic acids is 2. The second-order valence-electron chi connectivity index (χ2n) is 6.19. The van der Waals surface area contributed by atoms with Crippen molar-refractivity contribution >= 4 is 39.6 Å². The van der Waals surface area contributed by atoms with Crippen molar-refractivity contribution in [3.05, 3.63) is 74.9 Å². The molecule has 0 aromatic heterocycles. The van der Waals surface area contributed by atoms with E-state index >= 15 is 0 Å². The number of carbonyl (C=O) groups is 2. The van der Waals surface area contributed by atoms with E-state index in [4.69, 9.17) is 4.74 Å². The molecule has 0 saturated carbocycles. The second kappa shape index (κ2) is 7.40. The number of phenolic OH excluding ortho intramolecular Hbond substituents is 1. The first kappa shape index (κ1) is 18.9. The Balaban J connectivity index is 2.19. The van der Waals surface area contributed by atoms with Gasteiger partial charge in [0.05, 0.1) is 18.3 Å². The van der Waals surface area contributed by atoms with E-state index in [1.54, 1.807) is 19.1 Å². The standard InChI is InChI=1S/C21H18BrNO4/c1-12-5-4-6-16(9-12)23-13(2)19(21(26)27-3)17(20(23)25)11-14-10-15(22)7-8-18(14)24/h4-11,24H,1-3H3/b17-11-. The lowest BCUT2D eigenvalue weighted by Crippen LogP contribution is -2.24. The number of benzene rings is 2. The van der Waals surface area contributed by atoms with Crippen molar-refractivity contribution in [3.63, 3.8) is 0 Å². The van der Waals surface area contributed by atoms with Gasteiger partial charge in [0.25, 0.3) is 5.91 Å². The zero-order valence-corrected chi connectivity index (χ0v) is 16.7. The van der Waals surface area contributed by atoms with Gasteiger partial charge in [0.15, 0.2) is 0 Å². The molecular weight excluding hydrogens is 410 g/mol. The topological polar surface area (TPSA) is 66.8 Å². The van der Waals surface area contributed by atoms with Crippen molar-refractivity contribution in [2.75, 3.05) is 12.0 Å². The molecule has 1 aliphatic rings. The monoisotopic (exact) mass is 427 g/mol. The third-order valence-corrected chi connectivity index (χ3v) is 4.83. The minimum absolute atomic E-state index is 0.00868. The van der Waals surface area contributed by atoms with Crippen molar-refractivity contribution in [1.82, 2.24) is 0 Å². The number of aromatic hydroxyl groups is 1. The van der Waals surface area contributed by atoms with Gasteiger partial charge in [-0.25, -0.2) is 4.79 Å². The lowest BCUT2D eigenvalue weighted by Gasteiger charge is -2.18. The fourth-order valence-corrected chi connectivity index (χ4v) is 3.43. The number of amides is 1. The van der Waals surface area contributed by atoms with Gasteiger partial charge in [0.2, 0.25) is 0 Å². The summed E-state index contributed by atoms with van der Waals surface area (Å²) in [5.74, 6) is -0.941. The van der Waals surface area contributed by atoms with Crippen LogP contribution < -0.4 is 4.90 Å². The summed E-state index contributed by atoms with van der Waals surface area (Å²) in [6, 6.07) is 12.3. The zero-order valence-electron chi connectivity index (χ0n) is 15.1. The van der Waals surface area contributed by atoms with E-state index < -0.39 is 5.97 Å². The lowest BCUT2D eigenvalue weighted by molar-refractivity contribution is -0.136. The summed E-state index contributed by atoms with van der Waals surface area (Å²) in [4.78, 5) is 27.1. The molecule has 0 fully saturated rings. The molecule has 27 heavy (non-hydrogen) atoms. The van der Waals surface area contributed by atoms with Crippen LogP contribution in [-0.4, -0.2) is 24.1 Å². The van der Waals surface area contributed by atoms with Gasteiger partial charge in [0.1, 0.15) is 5.75 Å². The largest absolute Gasteiger partial charge is 0.507 e. The molecule has 1 amide bonds. The molecule has 1 aliphatic heterocycles. The molecule has 0 atom stereocenters. The first-order chi connectivity index (χ1) is 12.8.